The summed E-state index contributed by atoms with van der Waals surface area (Å²) in [4.78, 5) is 29.3. The SMILES string of the molecule is CCCC(=O)N(CC(=O)N(Cc1ccc2c(c1)OCO2)Cc1ccc(C)o1)CC(C)C. The molecule has 1 aliphatic heterocycles. The number of carbonyl (C=O) groups is 2. The molecule has 3 rings (SSSR count). The summed E-state index contributed by atoms with van der Waals surface area (Å²) in [7, 11) is 0. The van der Waals surface area contributed by atoms with E-state index in [0.717, 1.165) is 17.7 Å². The van der Waals surface area contributed by atoms with Crippen LogP contribution in [0.2, 0.25) is 0 Å². The molecule has 2 heterocycles. The van der Waals surface area contributed by atoms with Crippen molar-refractivity contribution in [1.82, 2.24) is 9.80 Å². The van der Waals surface area contributed by atoms with Crippen molar-refractivity contribution in [1.29, 1.82) is 0 Å². The Labute approximate surface area is 183 Å². The third kappa shape index (κ3) is 6.26. The summed E-state index contributed by atoms with van der Waals surface area (Å²) < 4.78 is 16.6. The van der Waals surface area contributed by atoms with Gasteiger partial charge in [0.15, 0.2) is 11.5 Å². The van der Waals surface area contributed by atoms with E-state index in [1.807, 2.05) is 58.0 Å². The number of rotatable bonds is 10. The van der Waals surface area contributed by atoms with Gasteiger partial charge in [-0.15, -0.1) is 0 Å². The maximum absolute atomic E-state index is 13.3. The van der Waals surface area contributed by atoms with Gasteiger partial charge in [-0.1, -0.05) is 26.8 Å². The highest BCUT2D eigenvalue weighted by atomic mass is 16.7. The fourth-order valence-corrected chi connectivity index (χ4v) is 3.58. The molecule has 0 unspecified atom stereocenters. The molecule has 2 amide bonds. The summed E-state index contributed by atoms with van der Waals surface area (Å²) in [5.74, 6) is 3.07. The minimum absolute atomic E-state index is 0.0152. The molecule has 0 N–H and O–H groups in total. The predicted octanol–water partition coefficient (Wildman–Crippen LogP) is 4.13. The van der Waals surface area contributed by atoms with Crippen LogP contribution in [0.1, 0.15) is 50.7 Å². The van der Waals surface area contributed by atoms with Gasteiger partial charge in [-0.25, -0.2) is 0 Å². The third-order valence-electron chi connectivity index (χ3n) is 5.03. The lowest BCUT2D eigenvalue weighted by atomic mass is 10.1. The largest absolute Gasteiger partial charge is 0.464 e. The Morgan fingerprint density at radius 2 is 1.77 bits per heavy atom. The molecule has 1 aromatic heterocycles. The normalized spacial score (nSPS) is 12.3. The second-order valence-corrected chi connectivity index (χ2v) is 8.37. The summed E-state index contributed by atoms with van der Waals surface area (Å²) in [5.41, 5.74) is 0.927. The first kappa shape index (κ1) is 22.7. The monoisotopic (exact) mass is 428 g/mol. The van der Waals surface area contributed by atoms with Crippen LogP contribution in [0.4, 0.5) is 0 Å². The number of furan rings is 1. The van der Waals surface area contributed by atoms with E-state index in [1.54, 1.807) is 9.80 Å². The van der Waals surface area contributed by atoms with Crippen molar-refractivity contribution in [2.45, 2.75) is 53.6 Å². The number of carbonyl (C=O) groups excluding carboxylic acids is 2. The Bertz CT molecular complexity index is 905. The number of nitrogens with zero attached hydrogens (tertiary/aromatic N) is 2. The van der Waals surface area contributed by atoms with Crippen molar-refractivity contribution < 1.29 is 23.5 Å². The van der Waals surface area contributed by atoms with Crippen molar-refractivity contribution >= 4 is 11.8 Å². The van der Waals surface area contributed by atoms with Crippen LogP contribution in [-0.2, 0) is 22.7 Å². The molecule has 1 aromatic carbocycles. The first-order chi connectivity index (χ1) is 14.9. The topological polar surface area (TPSA) is 72.2 Å². The molecule has 1 aliphatic rings. The second kappa shape index (κ2) is 10.4. The summed E-state index contributed by atoms with van der Waals surface area (Å²) in [6.07, 6.45) is 1.20. The van der Waals surface area contributed by atoms with Crippen LogP contribution in [0, 0.1) is 12.8 Å². The van der Waals surface area contributed by atoms with Crippen LogP contribution in [-0.4, -0.2) is 41.5 Å². The molecular weight excluding hydrogens is 396 g/mol. The summed E-state index contributed by atoms with van der Waals surface area (Å²) in [6.45, 7) is 9.48. The van der Waals surface area contributed by atoms with Gasteiger partial charge in [0.05, 0.1) is 13.1 Å². The minimum atomic E-state index is -0.114. The second-order valence-electron chi connectivity index (χ2n) is 8.37. The average Bonchev–Trinajstić information content (AvgIpc) is 3.35. The van der Waals surface area contributed by atoms with E-state index >= 15 is 0 Å². The molecule has 31 heavy (non-hydrogen) atoms. The Morgan fingerprint density at radius 1 is 1.00 bits per heavy atom. The average molecular weight is 429 g/mol. The van der Waals surface area contributed by atoms with Crippen LogP contribution in [0.25, 0.3) is 0 Å². The van der Waals surface area contributed by atoms with Gasteiger partial charge in [0.1, 0.15) is 11.5 Å². The molecule has 0 atom stereocenters. The number of hydrogen-bond acceptors (Lipinski definition) is 5. The Morgan fingerprint density at radius 3 is 2.45 bits per heavy atom. The van der Waals surface area contributed by atoms with E-state index in [9.17, 15) is 9.59 Å². The van der Waals surface area contributed by atoms with Gasteiger partial charge >= 0.3 is 0 Å². The van der Waals surface area contributed by atoms with Gasteiger partial charge in [-0.05, 0) is 49.1 Å². The van der Waals surface area contributed by atoms with Gasteiger partial charge in [-0.3, -0.25) is 9.59 Å². The Hall–Kier alpha value is -2.96. The van der Waals surface area contributed by atoms with Crippen LogP contribution < -0.4 is 9.47 Å². The maximum Gasteiger partial charge on any atom is 0.242 e. The van der Waals surface area contributed by atoms with Crippen LogP contribution in [0.5, 0.6) is 11.5 Å². The molecular formula is C24H32N2O5. The molecule has 0 radical (unpaired) electrons. The Kier molecular flexibility index (Phi) is 7.60. The molecule has 7 heteroatoms. The fraction of sp³-hybridized carbons (Fsp3) is 0.500. The minimum Gasteiger partial charge on any atom is -0.464 e. The van der Waals surface area contributed by atoms with E-state index in [4.69, 9.17) is 13.9 Å². The smallest absolute Gasteiger partial charge is 0.242 e. The number of hydrogen-bond donors (Lipinski definition) is 0. The third-order valence-corrected chi connectivity index (χ3v) is 5.03. The summed E-state index contributed by atoms with van der Waals surface area (Å²) in [5, 5.41) is 0. The number of amides is 2. The van der Waals surface area contributed by atoms with E-state index in [1.165, 1.54) is 0 Å². The van der Waals surface area contributed by atoms with Gasteiger partial charge < -0.3 is 23.7 Å². The molecule has 0 saturated carbocycles. The first-order valence-electron chi connectivity index (χ1n) is 10.8. The first-order valence-corrected chi connectivity index (χ1v) is 10.8. The highest BCUT2D eigenvalue weighted by Crippen LogP contribution is 2.33. The molecule has 0 spiro atoms. The quantitative estimate of drug-likeness (QED) is 0.569. The molecule has 168 valence electrons. The van der Waals surface area contributed by atoms with Crippen molar-refractivity contribution in [2.24, 2.45) is 5.92 Å². The van der Waals surface area contributed by atoms with Gasteiger partial charge in [0.25, 0.3) is 0 Å². The van der Waals surface area contributed by atoms with Gasteiger partial charge in [0, 0.05) is 19.5 Å². The van der Waals surface area contributed by atoms with E-state index in [-0.39, 0.29) is 31.1 Å². The number of ether oxygens (including phenoxy) is 2. The van der Waals surface area contributed by atoms with Crippen molar-refractivity contribution in [3.05, 3.63) is 47.4 Å². The van der Waals surface area contributed by atoms with Gasteiger partial charge in [0.2, 0.25) is 18.6 Å². The molecule has 0 fully saturated rings. The molecule has 0 aliphatic carbocycles. The van der Waals surface area contributed by atoms with E-state index < -0.39 is 0 Å². The standard InChI is InChI=1S/C24H32N2O5/c1-5-6-23(27)25(12-17(2)3)15-24(28)26(14-20-9-7-18(4)31-20)13-19-8-10-21-22(11-19)30-16-29-21/h7-11,17H,5-6,12-16H2,1-4H3. The van der Waals surface area contributed by atoms with Crippen molar-refractivity contribution in [3.63, 3.8) is 0 Å². The molecule has 2 aromatic rings. The van der Waals surface area contributed by atoms with E-state index in [0.29, 0.717) is 43.3 Å². The lowest BCUT2D eigenvalue weighted by Crippen LogP contribution is -2.43. The highest BCUT2D eigenvalue weighted by molar-refractivity contribution is 5.84. The van der Waals surface area contributed by atoms with Crippen molar-refractivity contribution in [2.75, 3.05) is 19.9 Å². The fourth-order valence-electron chi connectivity index (χ4n) is 3.58. The van der Waals surface area contributed by atoms with E-state index in [2.05, 4.69) is 0 Å². The molecule has 0 saturated heterocycles. The zero-order valence-electron chi connectivity index (χ0n) is 18.8. The lowest BCUT2D eigenvalue weighted by Gasteiger charge is -2.28. The zero-order chi connectivity index (χ0) is 22.4. The number of aryl methyl sites for hydroxylation is 1. The number of fused-ring (bicyclic) bond motifs is 1. The predicted molar refractivity (Wildman–Crippen MR) is 117 cm³/mol. The van der Waals surface area contributed by atoms with Crippen LogP contribution in [0.3, 0.4) is 0 Å². The number of benzene rings is 1. The van der Waals surface area contributed by atoms with Crippen molar-refractivity contribution in [3.8, 4) is 11.5 Å². The highest BCUT2D eigenvalue weighted by Gasteiger charge is 2.23. The van der Waals surface area contributed by atoms with Crippen LogP contribution >= 0.6 is 0 Å². The van der Waals surface area contributed by atoms with Crippen LogP contribution in [0.15, 0.2) is 34.7 Å². The summed E-state index contributed by atoms with van der Waals surface area (Å²) >= 11 is 0. The lowest BCUT2D eigenvalue weighted by molar-refractivity contribution is -0.141. The molecule has 0 bridgehead atoms. The summed E-state index contributed by atoms with van der Waals surface area (Å²) in [6, 6.07) is 9.43. The maximum atomic E-state index is 13.3. The molecule has 7 nitrogen and oxygen atoms in total. The zero-order valence-corrected chi connectivity index (χ0v) is 18.8. The Balaban J connectivity index is 1.78. The van der Waals surface area contributed by atoms with Gasteiger partial charge in [-0.2, -0.15) is 0 Å².